The summed E-state index contributed by atoms with van der Waals surface area (Å²) in [4.78, 5) is 25.3. The van der Waals surface area contributed by atoms with E-state index in [1.165, 1.54) is 11.3 Å². The van der Waals surface area contributed by atoms with Crippen molar-refractivity contribution in [3.63, 3.8) is 0 Å². The predicted octanol–water partition coefficient (Wildman–Crippen LogP) is 2.93. The third-order valence-corrected chi connectivity index (χ3v) is 6.77. The fourth-order valence-electron chi connectivity index (χ4n) is 4.29. The van der Waals surface area contributed by atoms with Gasteiger partial charge in [0.25, 0.3) is 5.56 Å². The van der Waals surface area contributed by atoms with Crippen LogP contribution in [0.3, 0.4) is 0 Å². The van der Waals surface area contributed by atoms with Crippen molar-refractivity contribution >= 4 is 37.5 Å². The first-order valence-corrected chi connectivity index (χ1v) is 10.1. The molecule has 2 fully saturated rings. The topological polar surface area (TPSA) is 69.5 Å². The zero-order valence-corrected chi connectivity index (χ0v) is 16.3. The number of ether oxygens (including phenoxy) is 2. The smallest absolute Gasteiger partial charge is 0.271 e. The molecule has 0 aromatic carbocycles. The Labute approximate surface area is 160 Å². The minimum atomic E-state index is -0.417. The number of aromatic nitrogens is 3. The van der Waals surface area contributed by atoms with Gasteiger partial charge in [0.1, 0.15) is 9.53 Å². The van der Waals surface area contributed by atoms with Gasteiger partial charge in [-0.25, -0.2) is 9.97 Å². The van der Waals surface area contributed by atoms with Gasteiger partial charge < -0.3 is 14.4 Å². The highest BCUT2D eigenvalue weighted by Gasteiger charge is 2.41. The Morgan fingerprint density at radius 1 is 1.22 bits per heavy atom. The predicted molar refractivity (Wildman–Crippen MR) is 106 cm³/mol. The van der Waals surface area contributed by atoms with Crippen molar-refractivity contribution in [3.8, 4) is 0 Å². The Balaban J connectivity index is 1.55. The fourth-order valence-corrected chi connectivity index (χ4v) is 5.34. The molecule has 0 bridgehead atoms. The van der Waals surface area contributed by atoms with Gasteiger partial charge in [0.15, 0.2) is 5.79 Å². The third kappa shape index (κ3) is 2.66. The molecule has 142 valence electrons. The molecule has 0 N–H and O–H groups in total. The molecule has 5 rings (SSSR count). The maximum absolute atomic E-state index is 13.2. The molecule has 3 aromatic heterocycles. The fraction of sp³-hybridized carbons (Fsp3) is 0.526. The molecule has 1 saturated heterocycles. The summed E-state index contributed by atoms with van der Waals surface area (Å²) in [6.45, 7) is 1.34. The van der Waals surface area contributed by atoms with E-state index in [9.17, 15) is 4.79 Å². The zero-order valence-electron chi connectivity index (χ0n) is 15.5. The number of nitrogens with zero attached hydrogens (tertiary/aromatic N) is 4. The van der Waals surface area contributed by atoms with Gasteiger partial charge in [-0.1, -0.05) is 0 Å². The van der Waals surface area contributed by atoms with Crippen LogP contribution < -0.4 is 10.5 Å². The van der Waals surface area contributed by atoms with Gasteiger partial charge in [-0.2, -0.15) is 0 Å². The number of hydrogen-bond acceptors (Lipinski definition) is 7. The summed E-state index contributed by atoms with van der Waals surface area (Å²) < 4.78 is 14.1. The molecule has 3 aromatic rings. The summed E-state index contributed by atoms with van der Waals surface area (Å²) in [5, 5.41) is 0.960. The van der Waals surface area contributed by atoms with Gasteiger partial charge in [-0.3, -0.25) is 9.36 Å². The van der Waals surface area contributed by atoms with E-state index in [1.54, 1.807) is 17.1 Å². The van der Waals surface area contributed by atoms with Crippen molar-refractivity contribution in [1.82, 2.24) is 14.5 Å². The monoisotopic (exact) mass is 386 g/mol. The Morgan fingerprint density at radius 2 is 1.96 bits per heavy atom. The van der Waals surface area contributed by atoms with Crippen molar-refractivity contribution in [1.29, 1.82) is 0 Å². The molecule has 1 spiro atoms. The normalized spacial score (nSPS) is 20.1. The first-order chi connectivity index (χ1) is 13.1. The van der Waals surface area contributed by atoms with Crippen LogP contribution in [-0.2, 0) is 9.47 Å². The maximum atomic E-state index is 13.2. The third-order valence-electron chi connectivity index (χ3n) is 5.69. The van der Waals surface area contributed by atoms with Crippen LogP contribution in [0.15, 0.2) is 23.4 Å². The number of thiophene rings is 1. The molecule has 1 aliphatic heterocycles. The molecule has 0 radical (unpaired) electrons. The lowest BCUT2D eigenvalue weighted by Crippen LogP contribution is -2.37. The second-order valence-corrected chi connectivity index (χ2v) is 8.48. The summed E-state index contributed by atoms with van der Waals surface area (Å²) in [6, 6.07) is 2.10. The Hall–Kier alpha value is -2.03. The molecule has 0 unspecified atom stereocenters. The minimum Gasteiger partial charge on any atom is -0.377 e. The zero-order chi connectivity index (χ0) is 18.6. The minimum absolute atomic E-state index is 0.0296. The second kappa shape index (κ2) is 6.25. The molecular formula is C19H22N4O3S. The van der Waals surface area contributed by atoms with Crippen LogP contribution in [0.1, 0.15) is 31.7 Å². The first-order valence-electron chi connectivity index (χ1n) is 9.32. The first kappa shape index (κ1) is 17.1. The van der Waals surface area contributed by atoms with E-state index in [4.69, 9.17) is 9.47 Å². The SMILES string of the molecule is CN(C)c1ccnc2sc3c(=O)n(C4CCC5(CC4)OCCO5)cnc3c12. The Morgan fingerprint density at radius 3 is 2.67 bits per heavy atom. The van der Waals surface area contributed by atoms with Crippen LogP contribution in [0.4, 0.5) is 5.69 Å². The van der Waals surface area contributed by atoms with E-state index < -0.39 is 5.79 Å². The van der Waals surface area contributed by atoms with E-state index in [2.05, 4.69) is 9.97 Å². The number of fused-ring (bicyclic) bond motifs is 3. The number of pyridine rings is 1. The lowest BCUT2D eigenvalue weighted by atomic mass is 9.90. The van der Waals surface area contributed by atoms with E-state index in [0.29, 0.717) is 17.9 Å². The van der Waals surface area contributed by atoms with Gasteiger partial charge in [0, 0.05) is 39.2 Å². The highest BCUT2D eigenvalue weighted by atomic mass is 32.1. The molecular weight excluding hydrogens is 364 g/mol. The van der Waals surface area contributed by atoms with Crippen molar-refractivity contribution in [3.05, 3.63) is 28.9 Å². The van der Waals surface area contributed by atoms with Gasteiger partial charge in [0.05, 0.1) is 36.1 Å². The largest absolute Gasteiger partial charge is 0.377 e. The lowest BCUT2D eigenvalue weighted by Gasteiger charge is -2.35. The molecule has 0 atom stereocenters. The van der Waals surface area contributed by atoms with Gasteiger partial charge in [-0.15, -0.1) is 11.3 Å². The van der Waals surface area contributed by atoms with E-state index >= 15 is 0 Å². The summed E-state index contributed by atoms with van der Waals surface area (Å²) in [6.07, 6.45) is 6.86. The Bertz CT molecular complexity index is 1060. The van der Waals surface area contributed by atoms with E-state index in [-0.39, 0.29) is 11.6 Å². The average molecular weight is 386 g/mol. The molecule has 8 heteroatoms. The van der Waals surface area contributed by atoms with Crippen LogP contribution in [-0.4, -0.2) is 47.6 Å². The Kier molecular flexibility index (Phi) is 3.96. The van der Waals surface area contributed by atoms with Crippen molar-refractivity contribution in [2.75, 3.05) is 32.2 Å². The molecule has 27 heavy (non-hydrogen) atoms. The van der Waals surface area contributed by atoms with Crippen molar-refractivity contribution < 1.29 is 9.47 Å². The highest BCUT2D eigenvalue weighted by Crippen LogP contribution is 2.40. The molecule has 1 saturated carbocycles. The van der Waals surface area contributed by atoms with Crippen LogP contribution in [0.2, 0.25) is 0 Å². The van der Waals surface area contributed by atoms with Crippen LogP contribution in [0.5, 0.6) is 0 Å². The van der Waals surface area contributed by atoms with Crippen molar-refractivity contribution in [2.24, 2.45) is 0 Å². The summed E-state index contributed by atoms with van der Waals surface area (Å²) >= 11 is 1.43. The standard InChI is InChI=1S/C19H22N4O3S/c1-22(2)13-5-8-20-17-14(13)15-16(27-17)18(24)23(11-21-15)12-3-6-19(7-4-12)25-9-10-26-19/h5,8,11-12H,3-4,6-7,9-10H2,1-2H3. The number of anilines is 1. The molecule has 2 aliphatic rings. The average Bonchev–Trinajstić information content (AvgIpc) is 3.28. The molecule has 0 amide bonds. The number of hydrogen-bond donors (Lipinski definition) is 0. The summed E-state index contributed by atoms with van der Waals surface area (Å²) in [5.41, 5.74) is 1.82. The summed E-state index contributed by atoms with van der Waals surface area (Å²) in [7, 11) is 3.98. The van der Waals surface area contributed by atoms with E-state index in [0.717, 1.165) is 47.1 Å². The quantitative estimate of drug-likeness (QED) is 0.675. The molecule has 1 aliphatic carbocycles. The number of rotatable bonds is 2. The molecule has 4 heterocycles. The van der Waals surface area contributed by atoms with Crippen LogP contribution in [0, 0.1) is 0 Å². The second-order valence-electron chi connectivity index (χ2n) is 7.48. The summed E-state index contributed by atoms with van der Waals surface area (Å²) in [5.74, 6) is -0.417. The van der Waals surface area contributed by atoms with Crippen LogP contribution >= 0.6 is 11.3 Å². The van der Waals surface area contributed by atoms with E-state index in [1.807, 2.05) is 25.1 Å². The molecule has 7 nitrogen and oxygen atoms in total. The van der Waals surface area contributed by atoms with Gasteiger partial charge >= 0.3 is 0 Å². The van der Waals surface area contributed by atoms with Crippen LogP contribution in [0.25, 0.3) is 20.4 Å². The highest BCUT2D eigenvalue weighted by molar-refractivity contribution is 7.25. The van der Waals surface area contributed by atoms with Crippen molar-refractivity contribution in [2.45, 2.75) is 37.5 Å². The van der Waals surface area contributed by atoms with Gasteiger partial charge in [-0.05, 0) is 18.9 Å². The van der Waals surface area contributed by atoms with Gasteiger partial charge in [0.2, 0.25) is 0 Å². The maximum Gasteiger partial charge on any atom is 0.271 e. The lowest BCUT2D eigenvalue weighted by molar-refractivity contribution is -0.181.